The minimum Gasteiger partial charge on any atom is -0.294 e. The van der Waals surface area contributed by atoms with Crippen LogP contribution in [0.2, 0.25) is 0 Å². The number of nitrogens with zero attached hydrogens (tertiary/aromatic N) is 2. The van der Waals surface area contributed by atoms with Crippen LogP contribution in [0.5, 0.6) is 0 Å². The molecule has 1 rings (SSSR count). The zero-order valence-corrected chi connectivity index (χ0v) is 9.32. The molecule has 0 bridgehead atoms. The summed E-state index contributed by atoms with van der Waals surface area (Å²) in [5, 5.41) is 4.25. The lowest BCUT2D eigenvalue weighted by atomic mass is 10.0. The molecule has 0 unspecified atom stereocenters. The van der Waals surface area contributed by atoms with Crippen LogP contribution in [0.25, 0.3) is 0 Å². The molecule has 0 saturated heterocycles. The predicted molar refractivity (Wildman–Crippen MR) is 55.4 cm³/mol. The molecule has 0 aromatic carbocycles. The third-order valence-electron chi connectivity index (χ3n) is 2.18. The Morgan fingerprint density at radius 3 is 2.71 bits per heavy atom. The van der Waals surface area contributed by atoms with E-state index in [-0.39, 0.29) is 0 Å². The summed E-state index contributed by atoms with van der Waals surface area (Å²) < 4.78 is 1.92. The van der Waals surface area contributed by atoms with Crippen LogP contribution < -0.4 is 5.90 Å². The zero-order chi connectivity index (χ0) is 10.8. The molecule has 4 heteroatoms. The third kappa shape index (κ3) is 2.56. The predicted octanol–water partition coefficient (Wildman–Crippen LogP) is 1.66. The normalized spacial score (nSPS) is 12.4. The van der Waals surface area contributed by atoms with Gasteiger partial charge in [-0.2, -0.15) is 5.10 Å². The maximum atomic E-state index is 5.21. The molecular formula is C10H19N3O. The van der Waals surface area contributed by atoms with Crippen LogP contribution in [0.4, 0.5) is 0 Å². The first-order valence-corrected chi connectivity index (χ1v) is 4.86. The van der Waals surface area contributed by atoms with Crippen molar-refractivity contribution in [2.45, 2.75) is 39.8 Å². The molecule has 2 N–H and O–H groups in total. The fourth-order valence-corrected chi connectivity index (χ4v) is 1.22. The molecule has 0 aliphatic carbocycles. The molecule has 0 saturated carbocycles. The molecule has 1 heterocycles. The van der Waals surface area contributed by atoms with E-state index in [1.165, 1.54) is 0 Å². The summed E-state index contributed by atoms with van der Waals surface area (Å²) in [5.74, 6) is 5.80. The molecule has 4 nitrogen and oxygen atoms in total. The number of rotatable bonds is 4. The average molecular weight is 197 g/mol. The summed E-state index contributed by atoms with van der Waals surface area (Å²) in [6.07, 6.45) is 3.78. The quantitative estimate of drug-likeness (QED) is 0.747. The minimum absolute atomic E-state index is 0.463. The van der Waals surface area contributed by atoms with E-state index in [1.54, 1.807) is 6.20 Å². The lowest BCUT2D eigenvalue weighted by molar-refractivity contribution is -0.0236. The second kappa shape index (κ2) is 4.11. The zero-order valence-electron chi connectivity index (χ0n) is 9.32. The Morgan fingerprint density at radius 2 is 2.21 bits per heavy atom. The summed E-state index contributed by atoms with van der Waals surface area (Å²) >= 11 is 0. The molecular weight excluding hydrogens is 178 g/mol. The molecule has 14 heavy (non-hydrogen) atoms. The second-order valence-corrected chi connectivity index (χ2v) is 4.47. The summed E-state index contributed by atoms with van der Waals surface area (Å²) in [6.45, 7) is 9.08. The van der Waals surface area contributed by atoms with Crippen molar-refractivity contribution in [1.82, 2.24) is 9.78 Å². The van der Waals surface area contributed by atoms with Gasteiger partial charge in [0.2, 0.25) is 0 Å². The lowest BCUT2D eigenvalue weighted by Crippen LogP contribution is -2.24. The maximum Gasteiger partial charge on any atom is 0.112 e. The van der Waals surface area contributed by atoms with Gasteiger partial charge in [0.05, 0.1) is 6.20 Å². The van der Waals surface area contributed by atoms with Gasteiger partial charge < -0.3 is 0 Å². The monoisotopic (exact) mass is 197 g/mol. The highest BCUT2D eigenvalue weighted by molar-refractivity contribution is 5.12. The summed E-state index contributed by atoms with van der Waals surface area (Å²) in [5.41, 5.74) is 0.538. The second-order valence-electron chi connectivity index (χ2n) is 4.47. The SMILES string of the molecule is CC(C)Cn1cc(C(C)(C)ON)cn1. The van der Waals surface area contributed by atoms with E-state index in [1.807, 2.05) is 24.7 Å². The summed E-state index contributed by atoms with van der Waals surface area (Å²) in [4.78, 5) is 4.89. The first kappa shape index (κ1) is 11.2. The Bertz CT molecular complexity index is 291. The molecule has 0 aliphatic rings. The molecule has 0 spiro atoms. The van der Waals surface area contributed by atoms with Crippen LogP contribution in [0.1, 0.15) is 33.3 Å². The molecule has 0 aliphatic heterocycles. The van der Waals surface area contributed by atoms with Crippen molar-refractivity contribution < 1.29 is 4.84 Å². The van der Waals surface area contributed by atoms with Crippen LogP contribution >= 0.6 is 0 Å². The smallest absolute Gasteiger partial charge is 0.112 e. The van der Waals surface area contributed by atoms with E-state index in [0.29, 0.717) is 5.92 Å². The van der Waals surface area contributed by atoms with Gasteiger partial charge in [-0.25, -0.2) is 5.90 Å². The van der Waals surface area contributed by atoms with Crippen molar-refractivity contribution in [1.29, 1.82) is 0 Å². The Labute approximate surface area is 85.0 Å². The van der Waals surface area contributed by atoms with Crippen LogP contribution in [0.3, 0.4) is 0 Å². The van der Waals surface area contributed by atoms with Crippen LogP contribution in [0, 0.1) is 5.92 Å². The molecule has 0 atom stereocenters. The number of hydrogen-bond acceptors (Lipinski definition) is 3. The van der Waals surface area contributed by atoms with Crippen LogP contribution in [0.15, 0.2) is 12.4 Å². The third-order valence-corrected chi connectivity index (χ3v) is 2.18. The summed E-state index contributed by atoms with van der Waals surface area (Å²) in [6, 6.07) is 0. The highest BCUT2D eigenvalue weighted by Gasteiger charge is 2.22. The van der Waals surface area contributed by atoms with E-state index in [2.05, 4.69) is 18.9 Å². The highest BCUT2D eigenvalue weighted by Crippen LogP contribution is 2.21. The highest BCUT2D eigenvalue weighted by atomic mass is 16.6. The van der Waals surface area contributed by atoms with Gasteiger partial charge in [-0.3, -0.25) is 9.52 Å². The van der Waals surface area contributed by atoms with Gasteiger partial charge >= 0.3 is 0 Å². The van der Waals surface area contributed by atoms with E-state index in [4.69, 9.17) is 10.7 Å². The van der Waals surface area contributed by atoms with E-state index >= 15 is 0 Å². The van der Waals surface area contributed by atoms with Crippen molar-refractivity contribution in [3.63, 3.8) is 0 Å². The van der Waals surface area contributed by atoms with Crippen molar-refractivity contribution in [3.8, 4) is 0 Å². The lowest BCUT2D eigenvalue weighted by Gasteiger charge is -2.19. The van der Waals surface area contributed by atoms with Crippen LogP contribution in [-0.2, 0) is 17.0 Å². The van der Waals surface area contributed by atoms with Gasteiger partial charge in [-0.15, -0.1) is 0 Å². The molecule has 0 fully saturated rings. The largest absolute Gasteiger partial charge is 0.294 e. The standard InChI is InChI=1S/C10H19N3O/c1-8(2)6-13-7-9(5-12-13)10(3,4)14-11/h5,7-8H,6,11H2,1-4H3. The average Bonchev–Trinajstić information content (AvgIpc) is 2.52. The van der Waals surface area contributed by atoms with Gasteiger partial charge in [0.25, 0.3) is 0 Å². The van der Waals surface area contributed by atoms with Gasteiger partial charge in [0.15, 0.2) is 0 Å². The van der Waals surface area contributed by atoms with Gasteiger partial charge in [0.1, 0.15) is 5.60 Å². The topological polar surface area (TPSA) is 53.1 Å². The first-order chi connectivity index (χ1) is 6.45. The van der Waals surface area contributed by atoms with Crippen molar-refractivity contribution in [2.75, 3.05) is 0 Å². The maximum absolute atomic E-state index is 5.21. The van der Waals surface area contributed by atoms with E-state index in [9.17, 15) is 0 Å². The molecule has 80 valence electrons. The van der Waals surface area contributed by atoms with E-state index < -0.39 is 5.60 Å². The number of aromatic nitrogens is 2. The van der Waals surface area contributed by atoms with Gasteiger partial charge in [-0.1, -0.05) is 13.8 Å². The Hall–Kier alpha value is -0.870. The molecule has 1 aromatic rings. The van der Waals surface area contributed by atoms with Gasteiger partial charge in [-0.05, 0) is 19.8 Å². The minimum atomic E-state index is -0.463. The number of nitrogens with two attached hydrogens (primary N) is 1. The van der Waals surface area contributed by atoms with Crippen LogP contribution in [-0.4, -0.2) is 9.78 Å². The van der Waals surface area contributed by atoms with Crippen molar-refractivity contribution in [2.24, 2.45) is 11.8 Å². The Kier molecular flexibility index (Phi) is 3.29. The molecule has 0 amide bonds. The fourth-order valence-electron chi connectivity index (χ4n) is 1.22. The first-order valence-electron chi connectivity index (χ1n) is 4.86. The van der Waals surface area contributed by atoms with Crippen molar-refractivity contribution in [3.05, 3.63) is 18.0 Å². The van der Waals surface area contributed by atoms with Gasteiger partial charge in [0, 0.05) is 18.3 Å². The van der Waals surface area contributed by atoms with Crippen molar-refractivity contribution >= 4 is 0 Å². The van der Waals surface area contributed by atoms with E-state index in [0.717, 1.165) is 12.1 Å². The molecule has 1 aromatic heterocycles. The summed E-state index contributed by atoms with van der Waals surface area (Å²) in [7, 11) is 0. The number of hydrogen-bond donors (Lipinski definition) is 1. The molecule has 0 radical (unpaired) electrons. The Morgan fingerprint density at radius 1 is 1.57 bits per heavy atom. The fraction of sp³-hybridized carbons (Fsp3) is 0.700. The Balaban J connectivity index is 2.77.